The minimum absolute atomic E-state index is 0.135. The van der Waals surface area contributed by atoms with Crippen LogP contribution in [0.3, 0.4) is 0 Å². The lowest BCUT2D eigenvalue weighted by Crippen LogP contribution is -2.39. The van der Waals surface area contributed by atoms with Crippen LogP contribution in [0, 0.1) is 5.92 Å². The van der Waals surface area contributed by atoms with Crippen LogP contribution in [0.4, 0.5) is 0 Å². The Labute approximate surface area is 159 Å². The molecule has 1 fully saturated rings. The first-order valence-electron chi connectivity index (χ1n) is 9.81. The summed E-state index contributed by atoms with van der Waals surface area (Å²) >= 11 is 0. The molecule has 2 aliphatic carbocycles. The van der Waals surface area contributed by atoms with Crippen LogP contribution in [0.2, 0.25) is 0 Å². The molecule has 1 saturated carbocycles. The molecule has 0 spiro atoms. The van der Waals surface area contributed by atoms with Crippen LogP contribution in [0.25, 0.3) is 0 Å². The molecule has 5 heteroatoms. The van der Waals surface area contributed by atoms with Crippen molar-refractivity contribution >= 4 is 17.3 Å². The van der Waals surface area contributed by atoms with E-state index in [0.717, 1.165) is 48.2 Å². The number of benzene rings is 1. The molecule has 27 heavy (non-hydrogen) atoms. The minimum atomic E-state index is -0.317. The van der Waals surface area contributed by atoms with Crippen molar-refractivity contribution in [3.63, 3.8) is 0 Å². The van der Waals surface area contributed by atoms with Crippen LogP contribution in [0.5, 0.6) is 11.5 Å². The van der Waals surface area contributed by atoms with Gasteiger partial charge in [-0.2, -0.15) is 0 Å². The van der Waals surface area contributed by atoms with E-state index in [4.69, 9.17) is 14.5 Å². The molecule has 0 N–H and O–H groups in total. The van der Waals surface area contributed by atoms with E-state index >= 15 is 0 Å². The lowest BCUT2D eigenvalue weighted by molar-refractivity contribution is -0.122. The molecule has 1 unspecified atom stereocenters. The predicted octanol–water partition coefficient (Wildman–Crippen LogP) is 4.01. The van der Waals surface area contributed by atoms with Gasteiger partial charge in [0.05, 0.1) is 19.6 Å². The normalized spacial score (nSPS) is 24.9. The number of ketones is 2. The second kappa shape index (κ2) is 7.29. The average Bonchev–Trinajstić information content (AvgIpc) is 2.67. The van der Waals surface area contributed by atoms with Gasteiger partial charge in [0, 0.05) is 35.7 Å². The van der Waals surface area contributed by atoms with Gasteiger partial charge in [-0.05, 0) is 50.3 Å². The molecule has 5 nitrogen and oxygen atoms in total. The second-order valence-electron chi connectivity index (χ2n) is 7.36. The van der Waals surface area contributed by atoms with Gasteiger partial charge in [-0.1, -0.05) is 6.07 Å². The summed E-state index contributed by atoms with van der Waals surface area (Å²) in [4.78, 5) is 30.5. The van der Waals surface area contributed by atoms with Gasteiger partial charge in [-0.25, -0.2) is 0 Å². The lowest BCUT2D eigenvalue weighted by Gasteiger charge is -2.38. The van der Waals surface area contributed by atoms with Crippen molar-refractivity contribution in [1.82, 2.24) is 0 Å². The van der Waals surface area contributed by atoms with Crippen molar-refractivity contribution in [3.8, 4) is 11.5 Å². The zero-order valence-corrected chi connectivity index (χ0v) is 15.9. The van der Waals surface area contributed by atoms with E-state index < -0.39 is 0 Å². The molecule has 2 atom stereocenters. The van der Waals surface area contributed by atoms with Crippen molar-refractivity contribution in [1.29, 1.82) is 0 Å². The molecule has 1 aromatic rings. The molecular formula is C22H25NO4. The molecule has 1 aliphatic heterocycles. The highest BCUT2D eigenvalue weighted by molar-refractivity contribution is 6.12. The molecule has 0 saturated heterocycles. The Morgan fingerprint density at radius 2 is 1.85 bits per heavy atom. The van der Waals surface area contributed by atoms with Gasteiger partial charge in [0.2, 0.25) is 0 Å². The Morgan fingerprint density at radius 1 is 1.04 bits per heavy atom. The number of Topliss-reactive ketones (excluding diaryl/α,β-unsaturated/α-hetero) is 2. The van der Waals surface area contributed by atoms with E-state index in [2.05, 4.69) is 0 Å². The number of ether oxygens (including phenoxy) is 2. The Balaban J connectivity index is 1.85. The van der Waals surface area contributed by atoms with Crippen LogP contribution in [-0.2, 0) is 9.59 Å². The summed E-state index contributed by atoms with van der Waals surface area (Å²) < 4.78 is 11.1. The summed E-state index contributed by atoms with van der Waals surface area (Å²) in [5, 5.41) is 0. The van der Waals surface area contributed by atoms with Gasteiger partial charge in [0.25, 0.3) is 0 Å². The third-order valence-corrected chi connectivity index (χ3v) is 5.76. The molecule has 3 aliphatic rings. The van der Waals surface area contributed by atoms with E-state index in [1.165, 1.54) is 0 Å². The van der Waals surface area contributed by atoms with Crippen molar-refractivity contribution < 1.29 is 19.1 Å². The Kier molecular flexibility index (Phi) is 4.85. The number of hydrogen-bond acceptors (Lipinski definition) is 5. The number of carbonyl (C=O) groups excluding carboxylic acids is 2. The zero-order valence-electron chi connectivity index (χ0n) is 15.9. The summed E-state index contributed by atoms with van der Waals surface area (Å²) in [7, 11) is 1.61. The topological polar surface area (TPSA) is 65.0 Å². The summed E-state index contributed by atoms with van der Waals surface area (Å²) in [5.74, 6) is 1.07. The van der Waals surface area contributed by atoms with E-state index in [1.54, 1.807) is 7.11 Å². The van der Waals surface area contributed by atoms with Gasteiger partial charge in [-0.15, -0.1) is 0 Å². The number of aliphatic imine (C=N–C) groups is 1. The summed E-state index contributed by atoms with van der Waals surface area (Å²) in [6.07, 6.45) is 4.44. The van der Waals surface area contributed by atoms with Gasteiger partial charge < -0.3 is 9.47 Å². The van der Waals surface area contributed by atoms with Crippen LogP contribution in [-0.4, -0.2) is 31.0 Å². The largest absolute Gasteiger partial charge is 0.493 e. The van der Waals surface area contributed by atoms with Gasteiger partial charge in [-0.3, -0.25) is 14.6 Å². The van der Waals surface area contributed by atoms with E-state index in [1.807, 2.05) is 25.1 Å². The lowest BCUT2D eigenvalue weighted by atomic mass is 9.67. The van der Waals surface area contributed by atoms with Gasteiger partial charge in [0.1, 0.15) is 5.78 Å². The molecule has 0 radical (unpaired) electrons. The highest BCUT2D eigenvalue weighted by Crippen LogP contribution is 2.47. The number of carbonyl (C=O) groups is 2. The first-order chi connectivity index (χ1) is 13.1. The Morgan fingerprint density at radius 3 is 2.63 bits per heavy atom. The number of methoxy groups -OCH3 is 1. The third kappa shape index (κ3) is 3.09. The number of nitrogens with zero attached hydrogens (tertiary/aromatic N) is 1. The Bertz CT molecular complexity index is 852. The molecule has 4 rings (SSSR count). The van der Waals surface area contributed by atoms with Gasteiger partial charge in [0.15, 0.2) is 17.3 Å². The van der Waals surface area contributed by atoms with E-state index in [0.29, 0.717) is 30.9 Å². The van der Waals surface area contributed by atoms with Crippen LogP contribution >= 0.6 is 0 Å². The number of fused-ring (bicyclic) bond motifs is 1. The number of rotatable bonds is 4. The smallest absolute Gasteiger partial charge is 0.161 e. The standard InChI is InChI=1S/C22H25NO4/c1-3-27-18-11-10-13(12-19(18)26-2)20-21-14(6-4-8-16(21)24)23-15-7-5-9-17(25)22(15)20/h10-12,20-21H,3-9H2,1-2H3/t20-,21?/m1/s1. The fourth-order valence-corrected chi connectivity index (χ4v) is 4.61. The highest BCUT2D eigenvalue weighted by atomic mass is 16.5. The molecule has 1 aromatic carbocycles. The monoisotopic (exact) mass is 367 g/mol. The molecule has 142 valence electrons. The first kappa shape index (κ1) is 18.0. The minimum Gasteiger partial charge on any atom is -0.493 e. The maximum absolute atomic E-state index is 12.8. The molecule has 1 heterocycles. The van der Waals surface area contributed by atoms with E-state index in [-0.39, 0.29) is 23.4 Å². The fraction of sp³-hybridized carbons (Fsp3) is 0.500. The van der Waals surface area contributed by atoms with Gasteiger partial charge >= 0.3 is 0 Å². The predicted molar refractivity (Wildman–Crippen MR) is 103 cm³/mol. The molecule has 0 aromatic heterocycles. The van der Waals surface area contributed by atoms with Crippen molar-refractivity contribution in [3.05, 3.63) is 35.0 Å². The summed E-state index contributed by atoms with van der Waals surface area (Å²) in [6, 6.07) is 5.77. The van der Waals surface area contributed by atoms with Crippen molar-refractivity contribution in [2.45, 2.75) is 51.4 Å². The number of allylic oxidation sites excluding steroid dienone is 2. The average molecular weight is 367 g/mol. The first-order valence-corrected chi connectivity index (χ1v) is 9.81. The van der Waals surface area contributed by atoms with Crippen LogP contribution < -0.4 is 9.47 Å². The molecule has 0 bridgehead atoms. The third-order valence-electron chi connectivity index (χ3n) is 5.76. The number of hydrogen-bond donors (Lipinski definition) is 0. The summed E-state index contributed by atoms with van der Waals surface area (Å²) in [6.45, 7) is 2.47. The van der Waals surface area contributed by atoms with Crippen molar-refractivity contribution in [2.24, 2.45) is 10.9 Å². The Hall–Kier alpha value is -2.43. The maximum Gasteiger partial charge on any atom is 0.161 e. The quantitative estimate of drug-likeness (QED) is 0.807. The van der Waals surface area contributed by atoms with Crippen LogP contribution in [0.15, 0.2) is 34.5 Å². The summed E-state index contributed by atoms with van der Waals surface area (Å²) in [5.41, 5.74) is 3.53. The van der Waals surface area contributed by atoms with Crippen LogP contribution in [0.1, 0.15) is 56.9 Å². The zero-order chi connectivity index (χ0) is 19.0. The van der Waals surface area contributed by atoms with E-state index in [9.17, 15) is 9.59 Å². The maximum atomic E-state index is 12.8. The second-order valence-corrected chi connectivity index (χ2v) is 7.36. The molecule has 0 amide bonds. The molecular weight excluding hydrogens is 342 g/mol. The van der Waals surface area contributed by atoms with Crippen molar-refractivity contribution in [2.75, 3.05) is 13.7 Å². The SMILES string of the molecule is CCOc1ccc([C@H]2C3=C(CCCC3=O)N=C3CCCC(=O)C32)cc1OC. The highest BCUT2D eigenvalue weighted by Gasteiger charge is 2.44. The fourth-order valence-electron chi connectivity index (χ4n) is 4.61.